The standard InChI is InChI=1S/C4H6O2.2CHNO.6CH4/c1-3-4(5)6-2;2*2-1-3;;;;;;/h3H,1H2,2H3;2*2H;6*1H4. The third-order valence-corrected chi connectivity index (χ3v) is 0.368. The van der Waals surface area contributed by atoms with E-state index in [4.69, 9.17) is 20.4 Å². The van der Waals surface area contributed by atoms with Crippen molar-refractivity contribution in [2.75, 3.05) is 7.11 Å². The summed E-state index contributed by atoms with van der Waals surface area (Å²) in [5.41, 5.74) is 0. The molecule has 0 bridgehead atoms. The van der Waals surface area contributed by atoms with Crippen LogP contribution in [0, 0.1) is 10.8 Å². The molecule has 0 unspecified atom stereocenters. The van der Waals surface area contributed by atoms with E-state index >= 15 is 0 Å². The fraction of sp³-hybridized carbons (Fsp3) is 0.583. The quantitative estimate of drug-likeness (QED) is 0.324. The average molecular weight is 268 g/mol. The van der Waals surface area contributed by atoms with Crippen LogP contribution in [0.3, 0.4) is 0 Å². The molecule has 0 rings (SSSR count). The molecule has 0 atom stereocenters. The molecule has 6 nitrogen and oxygen atoms in total. The zero-order chi connectivity index (χ0) is 10.4. The van der Waals surface area contributed by atoms with Gasteiger partial charge in [0.05, 0.1) is 7.11 Å². The molecule has 114 valence electrons. The Hall–Kier alpha value is -2.03. The van der Waals surface area contributed by atoms with Crippen LogP contribution in [0.25, 0.3) is 0 Å². The predicted octanol–water partition coefficient (Wildman–Crippen LogP) is 3.96. The van der Waals surface area contributed by atoms with E-state index in [0.29, 0.717) is 0 Å². The van der Waals surface area contributed by atoms with Crippen molar-refractivity contribution < 1.29 is 19.1 Å². The Morgan fingerprint density at radius 3 is 1.17 bits per heavy atom. The van der Waals surface area contributed by atoms with Crippen LogP contribution in [-0.2, 0) is 19.1 Å². The minimum atomic E-state index is -0.394. The van der Waals surface area contributed by atoms with Crippen molar-refractivity contribution in [1.82, 2.24) is 0 Å². The van der Waals surface area contributed by atoms with Crippen molar-refractivity contribution in [2.24, 2.45) is 0 Å². The molecule has 0 aromatic carbocycles. The maximum atomic E-state index is 9.84. The summed E-state index contributed by atoms with van der Waals surface area (Å²) in [6.07, 6.45) is 2.61. The second-order valence-corrected chi connectivity index (χ2v) is 0.931. The van der Waals surface area contributed by atoms with Crippen LogP contribution < -0.4 is 0 Å². The van der Waals surface area contributed by atoms with E-state index in [1.807, 2.05) is 0 Å². The van der Waals surface area contributed by atoms with Gasteiger partial charge in [0.1, 0.15) is 0 Å². The average Bonchev–Trinajstić information content (AvgIpc) is 2.06. The van der Waals surface area contributed by atoms with Crippen molar-refractivity contribution in [2.45, 2.75) is 44.6 Å². The van der Waals surface area contributed by atoms with Gasteiger partial charge in [0.15, 0.2) is 0 Å². The lowest BCUT2D eigenvalue weighted by Gasteiger charge is -1.83. The highest BCUT2D eigenvalue weighted by Gasteiger charge is 1.81. The van der Waals surface area contributed by atoms with Gasteiger partial charge in [0.2, 0.25) is 12.2 Å². The van der Waals surface area contributed by atoms with Crippen LogP contribution in [0.5, 0.6) is 0 Å². The van der Waals surface area contributed by atoms with Crippen molar-refractivity contribution in [3.05, 3.63) is 12.7 Å². The van der Waals surface area contributed by atoms with E-state index in [9.17, 15) is 4.79 Å². The largest absolute Gasteiger partial charge is 0.466 e. The number of hydrogen-bond acceptors (Lipinski definition) is 6. The van der Waals surface area contributed by atoms with Gasteiger partial charge in [-0.2, -0.15) is 0 Å². The number of hydrogen-bond donors (Lipinski definition) is 2. The van der Waals surface area contributed by atoms with Gasteiger partial charge in [-0.25, -0.2) is 25.2 Å². The maximum Gasteiger partial charge on any atom is 0.329 e. The molecule has 0 aliphatic carbocycles. The zero-order valence-corrected chi connectivity index (χ0v) is 6.42. The van der Waals surface area contributed by atoms with Crippen LogP contribution in [0.4, 0.5) is 0 Å². The molecule has 0 heterocycles. The molecule has 0 saturated heterocycles. The van der Waals surface area contributed by atoms with Gasteiger partial charge < -0.3 is 4.74 Å². The summed E-state index contributed by atoms with van der Waals surface area (Å²) >= 11 is 0. The Morgan fingerprint density at radius 2 is 1.17 bits per heavy atom. The van der Waals surface area contributed by atoms with Gasteiger partial charge in [0.25, 0.3) is 0 Å². The molecule has 2 N–H and O–H groups in total. The number of methoxy groups -OCH3 is 1. The number of carbonyl (C=O) groups excluding carboxylic acids is 3. The van der Waals surface area contributed by atoms with Crippen LogP contribution in [-0.4, -0.2) is 25.2 Å². The first-order valence-electron chi connectivity index (χ1n) is 2.42. The van der Waals surface area contributed by atoms with E-state index < -0.39 is 5.97 Å². The smallest absolute Gasteiger partial charge is 0.329 e. The topological polar surface area (TPSA) is 108 Å². The van der Waals surface area contributed by atoms with E-state index in [-0.39, 0.29) is 44.6 Å². The molecule has 0 saturated carbocycles. The normalized spacial score (nSPS) is 3.17. The second kappa shape index (κ2) is 118. The number of rotatable bonds is 1. The minimum absolute atomic E-state index is 0. The Labute approximate surface area is 113 Å². The van der Waals surface area contributed by atoms with Crippen LogP contribution >= 0.6 is 0 Å². The summed E-state index contributed by atoms with van der Waals surface area (Å²) in [6.45, 7) is 3.16. The molecule has 0 radical (unpaired) electrons. The van der Waals surface area contributed by atoms with Gasteiger partial charge in [-0.15, -0.1) is 0 Å². The van der Waals surface area contributed by atoms with Crippen LogP contribution in [0.2, 0.25) is 0 Å². The van der Waals surface area contributed by atoms with Crippen molar-refractivity contribution in [3.63, 3.8) is 0 Å². The molecule has 0 spiro atoms. The molecule has 0 amide bonds. The fourth-order valence-corrected chi connectivity index (χ4v) is 0.0833. The van der Waals surface area contributed by atoms with Crippen LogP contribution in [0.1, 0.15) is 44.6 Å². The third-order valence-electron chi connectivity index (χ3n) is 0.368. The maximum absolute atomic E-state index is 9.84. The first-order chi connectivity index (χ1) is 5.64. The molecule has 0 aromatic rings. The predicted molar refractivity (Wildman–Crippen MR) is 79.4 cm³/mol. The molecule has 18 heavy (non-hydrogen) atoms. The van der Waals surface area contributed by atoms with E-state index in [1.165, 1.54) is 7.11 Å². The molecule has 0 aliphatic heterocycles. The lowest BCUT2D eigenvalue weighted by Crippen LogP contribution is -1.91. The Morgan fingerprint density at radius 1 is 1.00 bits per heavy atom. The third kappa shape index (κ3) is 606. The van der Waals surface area contributed by atoms with Crippen molar-refractivity contribution >= 4 is 18.1 Å². The molecule has 6 heteroatoms. The van der Waals surface area contributed by atoms with Gasteiger partial charge in [0, 0.05) is 6.08 Å². The summed E-state index contributed by atoms with van der Waals surface area (Å²) in [5, 5.41) is 10.8. The fourth-order valence-electron chi connectivity index (χ4n) is 0.0833. The molecular formula is C12H32N2O4. The lowest BCUT2D eigenvalue weighted by atomic mass is 10.7. The highest BCUT2D eigenvalue weighted by molar-refractivity contribution is 5.80. The van der Waals surface area contributed by atoms with Gasteiger partial charge in [-0.05, 0) is 0 Å². The molecule has 0 aliphatic rings. The highest BCUT2D eigenvalue weighted by Crippen LogP contribution is 1.67. The SMILES string of the molecule is C.C.C.C.C.C.C=CC(=O)OC.N=C=O.N=C=O. The summed E-state index contributed by atoms with van der Waals surface area (Å²) < 4.78 is 4.14. The summed E-state index contributed by atoms with van der Waals surface area (Å²) in [4.78, 5) is 26.5. The summed E-state index contributed by atoms with van der Waals surface area (Å²) in [6, 6.07) is 0. The highest BCUT2D eigenvalue weighted by atomic mass is 16.5. The van der Waals surface area contributed by atoms with E-state index in [1.54, 1.807) is 0 Å². The Bertz CT molecular complexity index is 180. The van der Waals surface area contributed by atoms with Gasteiger partial charge in [-0.3, -0.25) is 0 Å². The number of esters is 1. The summed E-state index contributed by atoms with van der Waals surface area (Å²) in [5.74, 6) is -0.394. The number of carbonyl (C=O) groups is 1. The van der Waals surface area contributed by atoms with Crippen LogP contribution in [0.15, 0.2) is 12.7 Å². The minimum Gasteiger partial charge on any atom is -0.466 e. The first kappa shape index (κ1) is 73.7. The summed E-state index contributed by atoms with van der Waals surface area (Å²) in [7, 11) is 1.31. The number of isocyanates is 2. The lowest BCUT2D eigenvalue weighted by molar-refractivity contribution is -0.134. The monoisotopic (exact) mass is 268 g/mol. The molecule has 0 fully saturated rings. The van der Waals surface area contributed by atoms with E-state index in [0.717, 1.165) is 18.2 Å². The molecule has 0 aromatic heterocycles. The number of nitrogens with one attached hydrogen (secondary N) is 2. The number of ether oxygens (including phenoxy) is 1. The second-order valence-electron chi connectivity index (χ2n) is 0.931. The van der Waals surface area contributed by atoms with Crippen molar-refractivity contribution in [1.29, 1.82) is 10.8 Å². The molecular weight excluding hydrogens is 236 g/mol. The van der Waals surface area contributed by atoms with Gasteiger partial charge >= 0.3 is 5.97 Å². The van der Waals surface area contributed by atoms with E-state index in [2.05, 4.69) is 11.3 Å². The zero-order valence-electron chi connectivity index (χ0n) is 6.42. The van der Waals surface area contributed by atoms with Crippen molar-refractivity contribution in [3.8, 4) is 0 Å². The van der Waals surface area contributed by atoms with Gasteiger partial charge in [-0.1, -0.05) is 51.1 Å². The Balaban J connectivity index is -0.00000000879. The Kier molecular flexibility index (Phi) is 484. The first-order valence-corrected chi connectivity index (χ1v) is 2.42.